The lowest BCUT2D eigenvalue weighted by molar-refractivity contribution is -0.208. The highest BCUT2D eigenvalue weighted by Gasteiger charge is 2.14. The summed E-state index contributed by atoms with van der Waals surface area (Å²) in [6.07, 6.45) is -0.532. The Labute approximate surface area is 48.4 Å². The molecular formula is C4H12N2O2. The largest absolute Gasteiger partial charge is 0.354 e. The Morgan fingerprint density at radius 2 is 2.12 bits per heavy atom. The molecule has 0 rings (SSSR count). The van der Waals surface area contributed by atoms with E-state index in [4.69, 9.17) is 16.6 Å². The zero-order valence-corrected chi connectivity index (χ0v) is 5.09. The summed E-state index contributed by atoms with van der Waals surface area (Å²) in [5.41, 5.74) is 10.1. The summed E-state index contributed by atoms with van der Waals surface area (Å²) in [6.45, 7) is 2.90. The van der Waals surface area contributed by atoms with Crippen LogP contribution in [0.5, 0.6) is 0 Å². The summed E-state index contributed by atoms with van der Waals surface area (Å²) in [5, 5.41) is 8.66. The van der Waals surface area contributed by atoms with Crippen molar-refractivity contribution in [3.05, 3.63) is 0 Å². The molecule has 0 radical (unpaired) electrons. The molecule has 0 aromatic heterocycles. The Hall–Kier alpha value is -0.160. The first-order valence-corrected chi connectivity index (χ1v) is 2.36. The first-order valence-electron chi connectivity index (χ1n) is 2.36. The molecular weight excluding hydrogens is 108 g/mol. The Morgan fingerprint density at radius 1 is 1.75 bits per heavy atom. The van der Waals surface area contributed by atoms with Gasteiger partial charge in [0.25, 0.3) is 0 Å². The van der Waals surface area contributed by atoms with Gasteiger partial charge in [-0.3, -0.25) is 5.73 Å². The van der Waals surface area contributed by atoms with Crippen molar-refractivity contribution >= 4 is 0 Å². The van der Waals surface area contributed by atoms with E-state index in [0.29, 0.717) is 0 Å². The van der Waals surface area contributed by atoms with E-state index in [2.05, 4.69) is 4.74 Å². The third kappa shape index (κ3) is 5.84. The van der Waals surface area contributed by atoms with Crippen molar-refractivity contribution in [1.82, 2.24) is 0 Å². The van der Waals surface area contributed by atoms with Crippen molar-refractivity contribution in [3.8, 4) is 0 Å². The van der Waals surface area contributed by atoms with E-state index in [0.717, 1.165) is 0 Å². The van der Waals surface area contributed by atoms with Gasteiger partial charge in [-0.1, -0.05) is 0 Å². The SMILES string of the molecule is CC(N)OC(C)(N)O. The number of rotatable bonds is 2. The minimum atomic E-state index is -1.60. The maximum atomic E-state index is 8.66. The summed E-state index contributed by atoms with van der Waals surface area (Å²) in [6, 6.07) is 0. The second-order valence-electron chi connectivity index (χ2n) is 1.88. The number of hydrogen-bond donors (Lipinski definition) is 3. The van der Waals surface area contributed by atoms with Gasteiger partial charge in [-0.25, -0.2) is 0 Å². The van der Waals surface area contributed by atoms with Crippen LogP contribution in [-0.4, -0.2) is 17.2 Å². The van der Waals surface area contributed by atoms with Crippen molar-refractivity contribution in [2.24, 2.45) is 11.5 Å². The Kier molecular flexibility index (Phi) is 2.36. The van der Waals surface area contributed by atoms with Gasteiger partial charge in [-0.2, -0.15) is 0 Å². The Bertz CT molecular complexity index is 66.9. The molecule has 0 aromatic rings. The van der Waals surface area contributed by atoms with Gasteiger partial charge in [0.15, 0.2) is 0 Å². The molecule has 0 amide bonds. The minimum absolute atomic E-state index is 0.532. The molecule has 2 unspecified atom stereocenters. The fraction of sp³-hybridized carbons (Fsp3) is 1.00. The predicted molar refractivity (Wildman–Crippen MR) is 29.5 cm³/mol. The summed E-state index contributed by atoms with van der Waals surface area (Å²) < 4.78 is 4.55. The van der Waals surface area contributed by atoms with Gasteiger partial charge in [-0.15, -0.1) is 0 Å². The van der Waals surface area contributed by atoms with Crippen molar-refractivity contribution in [2.45, 2.75) is 26.0 Å². The smallest absolute Gasteiger partial charge is 0.220 e. The van der Waals surface area contributed by atoms with Gasteiger partial charge in [0.1, 0.15) is 6.23 Å². The molecule has 50 valence electrons. The van der Waals surface area contributed by atoms with E-state index < -0.39 is 12.1 Å². The van der Waals surface area contributed by atoms with E-state index in [1.807, 2.05) is 0 Å². The van der Waals surface area contributed by atoms with Crippen LogP contribution in [0.15, 0.2) is 0 Å². The van der Waals surface area contributed by atoms with E-state index in [9.17, 15) is 0 Å². The van der Waals surface area contributed by atoms with Crippen LogP contribution in [0.25, 0.3) is 0 Å². The van der Waals surface area contributed by atoms with Crippen molar-refractivity contribution in [3.63, 3.8) is 0 Å². The van der Waals surface area contributed by atoms with Gasteiger partial charge in [-0.05, 0) is 6.92 Å². The van der Waals surface area contributed by atoms with Crippen LogP contribution in [-0.2, 0) is 4.74 Å². The Balaban J connectivity index is 3.39. The normalized spacial score (nSPS) is 22.1. The molecule has 2 atom stereocenters. The van der Waals surface area contributed by atoms with Crippen LogP contribution >= 0.6 is 0 Å². The summed E-state index contributed by atoms with van der Waals surface area (Å²) >= 11 is 0. The number of ether oxygens (including phenoxy) is 1. The Morgan fingerprint density at radius 3 is 2.12 bits per heavy atom. The molecule has 8 heavy (non-hydrogen) atoms. The zero-order chi connectivity index (χ0) is 6.78. The predicted octanol–water partition coefficient (Wildman–Crippen LogP) is -1.07. The number of aliphatic hydroxyl groups is 1. The molecule has 0 heterocycles. The second kappa shape index (κ2) is 2.41. The minimum Gasteiger partial charge on any atom is -0.354 e. The topological polar surface area (TPSA) is 81.5 Å². The molecule has 5 N–H and O–H groups in total. The van der Waals surface area contributed by atoms with E-state index in [1.54, 1.807) is 6.92 Å². The summed E-state index contributed by atoms with van der Waals surface area (Å²) in [7, 11) is 0. The fourth-order valence-corrected chi connectivity index (χ4v) is 0.376. The van der Waals surface area contributed by atoms with E-state index in [-0.39, 0.29) is 0 Å². The number of hydrogen-bond acceptors (Lipinski definition) is 4. The molecule has 0 aliphatic rings. The van der Waals surface area contributed by atoms with Crippen LogP contribution < -0.4 is 11.5 Å². The third-order valence-electron chi connectivity index (χ3n) is 0.424. The van der Waals surface area contributed by atoms with E-state index >= 15 is 0 Å². The van der Waals surface area contributed by atoms with Crippen LogP contribution in [0.4, 0.5) is 0 Å². The average Bonchev–Trinajstić information content (AvgIpc) is 1.21. The molecule has 0 aliphatic carbocycles. The second-order valence-corrected chi connectivity index (χ2v) is 1.88. The van der Waals surface area contributed by atoms with Crippen molar-refractivity contribution in [2.75, 3.05) is 0 Å². The maximum Gasteiger partial charge on any atom is 0.220 e. The molecule has 0 spiro atoms. The van der Waals surface area contributed by atoms with Crippen molar-refractivity contribution < 1.29 is 9.84 Å². The van der Waals surface area contributed by atoms with Crippen LogP contribution in [0.1, 0.15) is 13.8 Å². The highest BCUT2D eigenvalue weighted by Crippen LogP contribution is 1.95. The highest BCUT2D eigenvalue weighted by atomic mass is 16.6. The quantitative estimate of drug-likeness (QED) is 0.405. The lowest BCUT2D eigenvalue weighted by Gasteiger charge is -2.19. The fourth-order valence-electron chi connectivity index (χ4n) is 0.376. The standard InChI is InChI=1S/C4H12N2O2/c1-3(5)8-4(2,6)7/h3,7H,5-6H2,1-2H3. The van der Waals surface area contributed by atoms with Gasteiger partial charge in [0.05, 0.1) is 0 Å². The van der Waals surface area contributed by atoms with Crippen LogP contribution in [0.3, 0.4) is 0 Å². The molecule has 0 saturated carbocycles. The van der Waals surface area contributed by atoms with Gasteiger partial charge < -0.3 is 15.6 Å². The molecule has 0 aliphatic heterocycles. The van der Waals surface area contributed by atoms with E-state index in [1.165, 1.54) is 6.92 Å². The first-order chi connectivity index (χ1) is 3.42. The summed E-state index contributed by atoms with van der Waals surface area (Å²) in [5.74, 6) is -1.60. The van der Waals surface area contributed by atoms with Gasteiger partial charge in [0, 0.05) is 6.92 Å². The average molecular weight is 120 g/mol. The van der Waals surface area contributed by atoms with Gasteiger partial charge in [0.2, 0.25) is 5.91 Å². The zero-order valence-electron chi connectivity index (χ0n) is 5.09. The summed E-state index contributed by atoms with van der Waals surface area (Å²) in [4.78, 5) is 0. The van der Waals surface area contributed by atoms with Crippen molar-refractivity contribution in [1.29, 1.82) is 0 Å². The monoisotopic (exact) mass is 120 g/mol. The molecule has 4 heteroatoms. The van der Waals surface area contributed by atoms with Crippen LogP contribution in [0, 0.1) is 0 Å². The first kappa shape index (κ1) is 7.84. The molecule has 0 aromatic carbocycles. The highest BCUT2D eigenvalue weighted by molar-refractivity contribution is 4.46. The maximum absolute atomic E-state index is 8.66. The third-order valence-corrected chi connectivity index (χ3v) is 0.424. The molecule has 4 nitrogen and oxygen atoms in total. The molecule has 0 fully saturated rings. The van der Waals surface area contributed by atoms with Crippen LogP contribution in [0.2, 0.25) is 0 Å². The lowest BCUT2D eigenvalue weighted by Crippen LogP contribution is -2.43. The van der Waals surface area contributed by atoms with Gasteiger partial charge >= 0.3 is 0 Å². The number of nitrogens with two attached hydrogens (primary N) is 2. The lowest BCUT2D eigenvalue weighted by atomic mass is 10.6. The molecule has 0 bridgehead atoms. The molecule has 0 saturated heterocycles.